The van der Waals surface area contributed by atoms with E-state index in [0.29, 0.717) is 30.9 Å². The molecule has 2 heterocycles. The van der Waals surface area contributed by atoms with E-state index in [-0.39, 0.29) is 41.8 Å². The highest BCUT2D eigenvalue weighted by Gasteiger charge is 2.48. The highest BCUT2D eigenvalue weighted by Crippen LogP contribution is 2.35. The smallest absolute Gasteiger partial charge is 0.223 e. The Morgan fingerprint density at radius 3 is 2.48 bits per heavy atom. The van der Waals surface area contributed by atoms with Crippen molar-refractivity contribution in [3.8, 4) is 11.5 Å². The Kier molecular flexibility index (Phi) is 5.74. The van der Waals surface area contributed by atoms with Gasteiger partial charge in [-0.25, -0.2) is 0 Å². The average molecular weight is 421 g/mol. The number of fused-ring (bicyclic) bond motifs is 1. The van der Waals surface area contributed by atoms with Gasteiger partial charge in [0.2, 0.25) is 5.91 Å². The second-order valence-electron chi connectivity index (χ2n) is 8.67. The molecule has 0 bridgehead atoms. The zero-order valence-electron chi connectivity index (χ0n) is 17.4. The molecule has 1 amide bonds. The van der Waals surface area contributed by atoms with Gasteiger partial charge in [-0.3, -0.25) is 9.59 Å². The van der Waals surface area contributed by atoms with E-state index < -0.39 is 0 Å². The van der Waals surface area contributed by atoms with Gasteiger partial charge in [0.15, 0.2) is 5.78 Å². The summed E-state index contributed by atoms with van der Waals surface area (Å²) in [6, 6.07) is 16.6. The first-order valence-electron chi connectivity index (χ1n) is 11.1. The first-order chi connectivity index (χ1) is 15.2. The van der Waals surface area contributed by atoms with Gasteiger partial charge in [-0.05, 0) is 37.1 Å². The number of hydrogen-bond donors (Lipinski definition) is 1. The molecule has 1 saturated carbocycles. The zero-order chi connectivity index (χ0) is 21.2. The van der Waals surface area contributed by atoms with Crippen molar-refractivity contribution in [2.24, 2.45) is 11.8 Å². The minimum Gasteiger partial charge on any atom is -0.457 e. The summed E-state index contributed by atoms with van der Waals surface area (Å²) in [6.45, 7) is 0.913. The second kappa shape index (κ2) is 8.81. The lowest BCUT2D eigenvalue weighted by Gasteiger charge is -2.27. The molecule has 31 heavy (non-hydrogen) atoms. The number of hydrogen-bond acceptors (Lipinski definition) is 5. The molecule has 4 atom stereocenters. The third kappa shape index (κ3) is 4.36. The molecule has 2 aliphatic heterocycles. The first kappa shape index (κ1) is 20.2. The molecular formula is C25H27NO5. The molecule has 6 heteroatoms. The fraction of sp³-hybridized carbons (Fsp3) is 0.440. The van der Waals surface area contributed by atoms with Crippen molar-refractivity contribution in [3.05, 3.63) is 60.2 Å². The number of carbonyl (C=O) groups excluding carboxylic acids is 2. The summed E-state index contributed by atoms with van der Waals surface area (Å²) in [4.78, 5) is 25.2. The fourth-order valence-electron chi connectivity index (χ4n) is 4.56. The number of ketones is 1. The normalized spacial score (nSPS) is 27.4. The van der Waals surface area contributed by atoms with E-state index >= 15 is 0 Å². The van der Waals surface area contributed by atoms with Crippen molar-refractivity contribution in [2.75, 3.05) is 13.2 Å². The molecule has 2 aromatic rings. The molecule has 3 fully saturated rings. The van der Waals surface area contributed by atoms with Crippen LogP contribution in [0.25, 0.3) is 0 Å². The standard InChI is InChI=1S/C25H27NO5/c27-22(17-8-5-11-20(12-17)31-19-9-2-1-3-10-19)13-18-14-29-24-21(15-30-23(18)24)26-25(28)16-6-4-7-16/h1-3,5,8-12,16,18,21,23-24H,4,6-7,13-15H2,(H,26,28)/t18-,21-,23+,24+/m0/s1. The van der Waals surface area contributed by atoms with Crippen molar-refractivity contribution in [3.63, 3.8) is 0 Å². The molecule has 0 radical (unpaired) electrons. The van der Waals surface area contributed by atoms with Gasteiger partial charge in [-0.1, -0.05) is 36.8 Å². The molecule has 0 aromatic heterocycles. The Labute approximate surface area is 181 Å². The molecule has 6 nitrogen and oxygen atoms in total. The summed E-state index contributed by atoms with van der Waals surface area (Å²) in [7, 11) is 0. The number of carbonyl (C=O) groups is 2. The van der Waals surface area contributed by atoms with Crippen LogP contribution in [0.15, 0.2) is 54.6 Å². The van der Waals surface area contributed by atoms with Gasteiger partial charge < -0.3 is 19.5 Å². The summed E-state index contributed by atoms with van der Waals surface area (Å²) >= 11 is 0. The van der Waals surface area contributed by atoms with Crippen LogP contribution in [0.4, 0.5) is 0 Å². The van der Waals surface area contributed by atoms with Crippen molar-refractivity contribution < 1.29 is 23.8 Å². The van der Waals surface area contributed by atoms with E-state index in [1.165, 1.54) is 0 Å². The summed E-state index contributed by atoms with van der Waals surface area (Å²) < 4.78 is 17.8. The van der Waals surface area contributed by atoms with Gasteiger partial charge in [0.05, 0.1) is 25.4 Å². The van der Waals surface area contributed by atoms with E-state index in [1.54, 1.807) is 6.07 Å². The molecule has 0 spiro atoms. The Morgan fingerprint density at radius 1 is 0.935 bits per heavy atom. The Bertz CT molecular complexity index is 942. The summed E-state index contributed by atoms with van der Waals surface area (Å²) in [5.41, 5.74) is 0.615. The highest BCUT2D eigenvalue weighted by molar-refractivity contribution is 5.96. The number of para-hydroxylation sites is 1. The van der Waals surface area contributed by atoms with Gasteiger partial charge in [-0.2, -0.15) is 0 Å². The summed E-state index contributed by atoms with van der Waals surface area (Å²) in [5, 5.41) is 3.10. The van der Waals surface area contributed by atoms with Crippen LogP contribution in [0.3, 0.4) is 0 Å². The largest absolute Gasteiger partial charge is 0.457 e. The van der Waals surface area contributed by atoms with Crippen LogP contribution in [-0.2, 0) is 14.3 Å². The van der Waals surface area contributed by atoms with E-state index in [4.69, 9.17) is 14.2 Å². The lowest BCUT2D eigenvalue weighted by atomic mass is 9.84. The predicted octanol–water partition coefficient (Wildman–Crippen LogP) is 3.75. The maximum Gasteiger partial charge on any atom is 0.223 e. The van der Waals surface area contributed by atoms with Crippen LogP contribution in [0, 0.1) is 11.8 Å². The molecule has 1 aliphatic carbocycles. The number of ether oxygens (including phenoxy) is 3. The SMILES string of the molecule is O=C(C[C@H]1CO[C@H]2[C@@H]1OC[C@@H]2NC(=O)C1CCC1)c1cccc(Oc2ccccc2)c1. The number of nitrogens with one attached hydrogen (secondary N) is 1. The van der Waals surface area contributed by atoms with Crippen LogP contribution >= 0.6 is 0 Å². The first-order valence-corrected chi connectivity index (χ1v) is 11.1. The molecule has 3 aliphatic rings. The maximum atomic E-state index is 13.0. The molecule has 2 aromatic carbocycles. The minimum absolute atomic E-state index is 0.0122. The van der Waals surface area contributed by atoms with Gasteiger partial charge in [0.25, 0.3) is 0 Å². The maximum absolute atomic E-state index is 13.0. The third-order valence-electron chi connectivity index (χ3n) is 6.54. The van der Waals surface area contributed by atoms with Crippen LogP contribution < -0.4 is 10.1 Å². The molecule has 2 saturated heterocycles. The minimum atomic E-state index is -0.172. The average Bonchev–Trinajstić information content (AvgIpc) is 3.31. The topological polar surface area (TPSA) is 73.9 Å². The van der Waals surface area contributed by atoms with E-state index in [0.717, 1.165) is 25.0 Å². The predicted molar refractivity (Wildman–Crippen MR) is 114 cm³/mol. The van der Waals surface area contributed by atoms with Crippen molar-refractivity contribution in [2.45, 2.75) is 43.9 Å². The molecule has 1 N–H and O–H groups in total. The lowest BCUT2D eigenvalue weighted by Crippen LogP contribution is -2.47. The molecule has 0 unspecified atom stereocenters. The van der Waals surface area contributed by atoms with E-state index in [9.17, 15) is 9.59 Å². The van der Waals surface area contributed by atoms with Gasteiger partial charge in [0.1, 0.15) is 17.6 Å². The number of Topliss-reactive ketones (excluding diaryl/α,β-unsaturated/α-hetero) is 1. The lowest BCUT2D eigenvalue weighted by molar-refractivity contribution is -0.128. The zero-order valence-corrected chi connectivity index (χ0v) is 17.4. The second-order valence-corrected chi connectivity index (χ2v) is 8.67. The van der Waals surface area contributed by atoms with Crippen molar-refractivity contribution in [1.82, 2.24) is 5.32 Å². The van der Waals surface area contributed by atoms with Gasteiger partial charge in [-0.15, -0.1) is 0 Å². The fourth-order valence-corrected chi connectivity index (χ4v) is 4.56. The van der Waals surface area contributed by atoms with Crippen molar-refractivity contribution >= 4 is 11.7 Å². The summed E-state index contributed by atoms with van der Waals surface area (Å²) in [5.74, 6) is 1.64. The van der Waals surface area contributed by atoms with Gasteiger partial charge in [0, 0.05) is 23.8 Å². The molecule has 5 rings (SSSR count). The third-order valence-corrected chi connectivity index (χ3v) is 6.54. The van der Waals surface area contributed by atoms with Crippen molar-refractivity contribution in [1.29, 1.82) is 0 Å². The van der Waals surface area contributed by atoms with Crippen LogP contribution in [0.2, 0.25) is 0 Å². The van der Waals surface area contributed by atoms with E-state index in [2.05, 4.69) is 5.32 Å². The number of amides is 1. The number of benzene rings is 2. The van der Waals surface area contributed by atoms with Crippen LogP contribution in [0.5, 0.6) is 11.5 Å². The van der Waals surface area contributed by atoms with Crippen LogP contribution in [-0.4, -0.2) is 43.2 Å². The molecule has 162 valence electrons. The quantitative estimate of drug-likeness (QED) is 0.690. The van der Waals surface area contributed by atoms with Crippen LogP contribution in [0.1, 0.15) is 36.0 Å². The molecular weight excluding hydrogens is 394 g/mol. The summed E-state index contributed by atoms with van der Waals surface area (Å²) in [6.07, 6.45) is 3.09. The van der Waals surface area contributed by atoms with E-state index in [1.807, 2.05) is 48.5 Å². The monoisotopic (exact) mass is 421 g/mol. The highest BCUT2D eigenvalue weighted by atomic mass is 16.6. The van der Waals surface area contributed by atoms with Gasteiger partial charge >= 0.3 is 0 Å². The Hall–Kier alpha value is -2.70. The number of rotatable bonds is 7. The Balaban J connectivity index is 1.19. The Morgan fingerprint density at radius 2 is 1.71 bits per heavy atom.